The lowest BCUT2D eigenvalue weighted by Gasteiger charge is -2.55. The first kappa shape index (κ1) is 28.2. The molecule has 0 spiro atoms. The molecule has 1 saturated heterocycles. The quantitative estimate of drug-likeness (QED) is 0.419. The van der Waals surface area contributed by atoms with Crippen molar-refractivity contribution in [2.24, 2.45) is 5.73 Å². The van der Waals surface area contributed by atoms with Gasteiger partial charge in [-0.3, -0.25) is 0 Å². The number of hydrogen-bond donors (Lipinski definition) is 2. The van der Waals surface area contributed by atoms with Crippen LogP contribution in [0, 0.1) is 0 Å². The molecular formula is C27H31F6N3O2. The zero-order valence-corrected chi connectivity index (χ0v) is 21.0. The lowest BCUT2D eigenvalue weighted by Crippen LogP contribution is -2.66. The Morgan fingerprint density at radius 3 is 2.08 bits per heavy atom. The molecule has 4 rings (SSSR count). The van der Waals surface area contributed by atoms with E-state index in [9.17, 15) is 31.1 Å². The zero-order chi connectivity index (χ0) is 27.8. The number of ether oxygens (including phenoxy) is 1. The average molecular weight is 544 g/mol. The molecule has 38 heavy (non-hydrogen) atoms. The van der Waals surface area contributed by atoms with Crippen LogP contribution < -0.4 is 11.1 Å². The third kappa shape index (κ3) is 6.26. The maximum absolute atomic E-state index is 13.3. The Balaban J connectivity index is 1.49. The second-order valence-corrected chi connectivity index (χ2v) is 10.5. The Bertz CT molecular complexity index is 1090. The number of benzene rings is 2. The number of urea groups is 1. The maximum atomic E-state index is 13.3. The molecule has 0 aromatic heterocycles. The van der Waals surface area contributed by atoms with Crippen LogP contribution in [-0.2, 0) is 22.5 Å². The molecule has 11 heteroatoms. The SMILES string of the molecule is C[C@@H](OCC1(c2ccccc2)CC(N)(CNC(=O)N2CCCC2)C1)c1cc(C(F)(F)F)cc(C(F)(F)F)c1. The first-order chi connectivity index (χ1) is 17.7. The molecule has 0 unspecified atom stereocenters. The van der Waals surface area contributed by atoms with Gasteiger partial charge in [0.2, 0.25) is 0 Å². The smallest absolute Gasteiger partial charge is 0.373 e. The summed E-state index contributed by atoms with van der Waals surface area (Å²) in [4.78, 5) is 14.1. The van der Waals surface area contributed by atoms with E-state index in [1.54, 1.807) is 4.90 Å². The van der Waals surface area contributed by atoms with Gasteiger partial charge in [0, 0.05) is 30.6 Å². The van der Waals surface area contributed by atoms with E-state index in [2.05, 4.69) is 5.32 Å². The van der Waals surface area contributed by atoms with Crippen LogP contribution in [0.2, 0.25) is 0 Å². The van der Waals surface area contributed by atoms with Crippen LogP contribution >= 0.6 is 0 Å². The van der Waals surface area contributed by atoms with Gasteiger partial charge in [0.25, 0.3) is 0 Å². The summed E-state index contributed by atoms with van der Waals surface area (Å²) in [5, 5.41) is 2.90. The molecule has 5 nitrogen and oxygen atoms in total. The number of alkyl halides is 6. The summed E-state index contributed by atoms with van der Waals surface area (Å²) < 4.78 is 85.8. The topological polar surface area (TPSA) is 67.6 Å². The van der Waals surface area contributed by atoms with Crippen LogP contribution in [0.15, 0.2) is 48.5 Å². The van der Waals surface area contributed by atoms with Crippen molar-refractivity contribution < 1.29 is 35.9 Å². The first-order valence-electron chi connectivity index (χ1n) is 12.5. The Morgan fingerprint density at radius 1 is 1.00 bits per heavy atom. The number of nitrogens with two attached hydrogens (primary N) is 1. The minimum absolute atomic E-state index is 0.0365. The third-order valence-electron chi connectivity index (χ3n) is 7.44. The van der Waals surface area contributed by atoms with Crippen molar-refractivity contribution in [1.82, 2.24) is 10.2 Å². The molecule has 1 atom stereocenters. The molecule has 1 saturated carbocycles. The fraction of sp³-hybridized carbons (Fsp3) is 0.519. The van der Waals surface area contributed by atoms with Crippen LogP contribution in [0.3, 0.4) is 0 Å². The molecule has 0 radical (unpaired) electrons. The van der Waals surface area contributed by atoms with E-state index in [1.807, 2.05) is 30.3 Å². The second-order valence-electron chi connectivity index (χ2n) is 10.5. The maximum Gasteiger partial charge on any atom is 0.416 e. The Labute approximate surface area is 217 Å². The van der Waals surface area contributed by atoms with Gasteiger partial charge in [0.15, 0.2) is 0 Å². The van der Waals surface area contributed by atoms with Crippen molar-refractivity contribution in [3.05, 3.63) is 70.8 Å². The van der Waals surface area contributed by atoms with Gasteiger partial charge in [-0.2, -0.15) is 26.3 Å². The molecule has 3 N–H and O–H groups in total. The lowest BCUT2D eigenvalue weighted by atomic mass is 9.55. The van der Waals surface area contributed by atoms with Gasteiger partial charge < -0.3 is 20.7 Å². The van der Waals surface area contributed by atoms with Crippen molar-refractivity contribution in [2.75, 3.05) is 26.2 Å². The molecule has 2 aromatic rings. The number of halogens is 6. The fourth-order valence-electron chi connectivity index (χ4n) is 5.48. The average Bonchev–Trinajstić information content (AvgIpc) is 3.39. The molecule has 1 aliphatic heterocycles. The van der Waals surface area contributed by atoms with Crippen molar-refractivity contribution in [1.29, 1.82) is 0 Å². The monoisotopic (exact) mass is 543 g/mol. The second kappa shape index (κ2) is 10.4. The predicted molar refractivity (Wildman–Crippen MR) is 129 cm³/mol. The van der Waals surface area contributed by atoms with Crippen LogP contribution in [0.4, 0.5) is 31.1 Å². The largest absolute Gasteiger partial charge is 0.416 e. The summed E-state index contributed by atoms with van der Waals surface area (Å²) in [6.07, 6.45) is -8.14. The van der Waals surface area contributed by atoms with Gasteiger partial charge in [-0.1, -0.05) is 30.3 Å². The van der Waals surface area contributed by atoms with E-state index in [-0.39, 0.29) is 30.8 Å². The van der Waals surface area contributed by atoms with E-state index in [4.69, 9.17) is 10.5 Å². The molecular weight excluding hydrogens is 512 g/mol. The number of carbonyl (C=O) groups excluding carboxylic acids is 1. The van der Waals surface area contributed by atoms with Crippen LogP contribution in [0.1, 0.15) is 61.0 Å². The Morgan fingerprint density at radius 2 is 1.55 bits per heavy atom. The summed E-state index contributed by atoms with van der Waals surface area (Å²) in [5.74, 6) is 0. The molecule has 1 heterocycles. The van der Waals surface area contributed by atoms with Crippen LogP contribution in [0.25, 0.3) is 0 Å². The standard InChI is InChI=1S/C27H31F6N3O2/c1-18(19-11-21(26(28,29)30)13-22(12-19)27(31,32)33)38-17-24(20-7-3-2-4-8-20)14-25(34,15-24)16-35-23(37)36-9-5-6-10-36/h2-4,7-8,11-13,18H,5-6,9-10,14-17,34H2,1H3,(H,35,37)/t18-,24?,25?/m1/s1. The van der Waals surface area contributed by atoms with E-state index < -0.39 is 40.5 Å². The van der Waals surface area contributed by atoms with Gasteiger partial charge in [-0.05, 0) is 61.9 Å². The highest BCUT2D eigenvalue weighted by atomic mass is 19.4. The third-order valence-corrected chi connectivity index (χ3v) is 7.44. The van der Waals surface area contributed by atoms with Gasteiger partial charge >= 0.3 is 18.4 Å². The highest BCUT2D eigenvalue weighted by molar-refractivity contribution is 5.74. The molecule has 2 amide bonds. The highest BCUT2D eigenvalue weighted by Gasteiger charge is 2.54. The van der Waals surface area contributed by atoms with Crippen molar-refractivity contribution >= 4 is 6.03 Å². The van der Waals surface area contributed by atoms with Crippen LogP contribution in [0.5, 0.6) is 0 Å². The number of likely N-dealkylation sites (tertiary alicyclic amines) is 1. The minimum atomic E-state index is -4.94. The number of nitrogens with one attached hydrogen (secondary N) is 1. The Hall–Kier alpha value is -2.79. The zero-order valence-electron chi connectivity index (χ0n) is 21.0. The summed E-state index contributed by atoms with van der Waals surface area (Å²) in [6, 6.07) is 10.6. The summed E-state index contributed by atoms with van der Waals surface area (Å²) in [7, 11) is 0. The molecule has 208 valence electrons. The number of hydrogen-bond acceptors (Lipinski definition) is 3. The van der Waals surface area contributed by atoms with Crippen molar-refractivity contribution in [2.45, 2.75) is 62.0 Å². The number of nitrogens with zero attached hydrogens (tertiary/aromatic N) is 1. The molecule has 1 aliphatic carbocycles. The number of carbonyl (C=O) groups is 1. The van der Waals surface area contributed by atoms with E-state index >= 15 is 0 Å². The molecule has 2 aliphatic rings. The number of amides is 2. The first-order valence-corrected chi connectivity index (χ1v) is 12.5. The van der Waals surface area contributed by atoms with E-state index in [0.29, 0.717) is 38.1 Å². The van der Waals surface area contributed by atoms with Crippen molar-refractivity contribution in [3.63, 3.8) is 0 Å². The van der Waals surface area contributed by atoms with E-state index in [1.165, 1.54) is 6.92 Å². The molecule has 0 bridgehead atoms. The van der Waals surface area contributed by atoms with Crippen molar-refractivity contribution in [3.8, 4) is 0 Å². The summed E-state index contributed by atoms with van der Waals surface area (Å²) in [6.45, 7) is 3.12. The van der Waals surface area contributed by atoms with Crippen LogP contribution in [-0.4, -0.2) is 42.7 Å². The molecule has 2 aromatic carbocycles. The normalized spacial score (nSPS) is 24.7. The summed E-state index contributed by atoms with van der Waals surface area (Å²) >= 11 is 0. The summed E-state index contributed by atoms with van der Waals surface area (Å²) in [5.41, 5.74) is 3.18. The Kier molecular flexibility index (Phi) is 7.73. The van der Waals surface area contributed by atoms with Gasteiger partial charge in [-0.15, -0.1) is 0 Å². The number of rotatable bonds is 7. The van der Waals surface area contributed by atoms with Gasteiger partial charge in [0.1, 0.15) is 0 Å². The lowest BCUT2D eigenvalue weighted by molar-refractivity contribution is -0.143. The van der Waals surface area contributed by atoms with E-state index in [0.717, 1.165) is 18.4 Å². The van der Waals surface area contributed by atoms with Gasteiger partial charge in [-0.25, -0.2) is 4.79 Å². The minimum Gasteiger partial charge on any atom is -0.373 e. The fourth-order valence-corrected chi connectivity index (χ4v) is 5.48. The van der Waals surface area contributed by atoms with Gasteiger partial charge in [0.05, 0.1) is 23.8 Å². The predicted octanol–water partition coefficient (Wildman–Crippen LogP) is 6.04. The molecule has 2 fully saturated rings. The highest BCUT2D eigenvalue weighted by Crippen LogP contribution is 2.50.